The van der Waals surface area contributed by atoms with Gasteiger partial charge in [-0.05, 0) is 35.6 Å². The Morgan fingerprint density at radius 3 is 2.06 bits per heavy atom. The maximum atomic E-state index is 13.7. The summed E-state index contributed by atoms with van der Waals surface area (Å²) >= 11 is 0. The molecule has 6 heteroatoms. The SMILES string of the molecule is CCc1cccc(CC)c1NC(=O)C1=C(c2ccccc2)c2ccccc2N(C)S1(=O)=O. The number of benzene rings is 3. The minimum Gasteiger partial charge on any atom is -0.321 e. The predicted molar refractivity (Wildman–Crippen MR) is 130 cm³/mol. The summed E-state index contributed by atoms with van der Waals surface area (Å²) in [4.78, 5) is 13.4. The quantitative estimate of drug-likeness (QED) is 0.600. The summed E-state index contributed by atoms with van der Waals surface area (Å²) < 4.78 is 28.4. The lowest BCUT2D eigenvalue weighted by atomic mass is 9.95. The van der Waals surface area contributed by atoms with Crippen LogP contribution < -0.4 is 9.62 Å². The number of sulfonamides is 1. The van der Waals surface area contributed by atoms with Gasteiger partial charge in [0.25, 0.3) is 15.9 Å². The Balaban J connectivity index is 1.97. The zero-order valence-corrected chi connectivity index (χ0v) is 19.2. The van der Waals surface area contributed by atoms with Crippen LogP contribution in [0.25, 0.3) is 5.57 Å². The summed E-state index contributed by atoms with van der Waals surface area (Å²) in [5.74, 6) is -0.624. The van der Waals surface area contributed by atoms with Crippen molar-refractivity contribution in [1.29, 1.82) is 0 Å². The lowest BCUT2D eigenvalue weighted by molar-refractivity contribution is -0.112. The van der Waals surface area contributed by atoms with Gasteiger partial charge in [-0.1, -0.05) is 80.6 Å². The number of nitrogens with one attached hydrogen (secondary N) is 1. The molecule has 1 heterocycles. The third-order valence-electron chi connectivity index (χ3n) is 5.86. The van der Waals surface area contributed by atoms with Crippen molar-refractivity contribution in [1.82, 2.24) is 0 Å². The highest BCUT2D eigenvalue weighted by atomic mass is 32.2. The smallest absolute Gasteiger partial charge is 0.270 e. The third-order valence-corrected chi connectivity index (χ3v) is 7.69. The van der Waals surface area contributed by atoms with Crippen LogP contribution in [0.4, 0.5) is 11.4 Å². The maximum Gasteiger partial charge on any atom is 0.270 e. The zero-order valence-electron chi connectivity index (χ0n) is 18.4. The van der Waals surface area contributed by atoms with Crippen LogP contribution in [-0.4, -0.2) is 21.4 Å². The Labute approximate surface area is 189 Å². The van der Waals surface area contributed by atoms with Crippen LogP contribution in [0.3, 0.4) is 0 Å². The molecule has 0 saturated heterocycles. The molecule has 3 aromatic rings. The number of para-hydroxylation sites is 2. The first-order valence-electron chi connectivity index (χ1n) is 10.7. The van der Waals surface area contributed by atoms with E-state index in [1.54, 1.807) is 12.1 Å². The van der Waals surface area contributed by atoms with Crippen LogP contribution in [-0.2, 0) is 27.7 Å². The van der Waals surface area contributed by atoms with Crippen molar-refractivity contribution in [2.45, 2.75) is 26.7 Å². The van der Waals surface area contributed by atoms with Crippen molar-refractivity contribution in [2.75, 3.05) is 16.7 Å². The molecule has 0 unspecified atom stereocenters. The maximum absolute atomic E-state index is 13.7. The Hall–Kier alpha value is -3.38. The molecule has 4 rings (SSSR count). The van der Waals surface area contributed by atoms with Crippen LogP contribution in [0.2, 0.25) is 0 Å². The van der Waals surface area contributed by atoms with Gasteiger partial charge in [0, 0.05) is 23.9 Å². The molecule has 0 fully saturated rings. The topological polar surface area (TPSA) is 66.5 Å². The number of fused-ring (bicyclic) bond motifs is 1. The van der Waals surface area contributed by atoms with E-state index in [-0.39, 0.29) is 4.91 Å². The first kappa shape index (κ1) is 21.8. The average molecular weight is 447 g/mol. The van der Waals surface area contributed by atoms with Crippen molar-refractivity contribution in [3.8, 4) is 0 Å². The molecule has 0 saturated carbocycles. The second kappa shape index (κ2) is 8.63. The van der Waals surface area contributed by atoms with Gasteiger partial charge < -0.3 is 5.32 Å². The van der Waals surface area contributed by atoms with Gasteiger partial charge in [0.2, 0.25) is 0 Å². The summed E-state index contributed by atoms with van der Waals surface area (Å²) in [5, 5.41) is 2.95. The zero-order chi connectivity index (χ0) is 22.9. The lowest BCUT2D eigenvalue weighted by Gasteiger charge is -2.31. The van der Waals surface area contributed by atoms with E-state index in [9.17, 15) is 13.2 Å². The van der Waals surface area contributed by atoms with Crippen molar-refractivity contribution in [3.63, 3.8) is 0 Å². The largest absolute Gasteiger partial charge is 0.321 e. The van der Waals surface area contributed by atoms with Crippen molar-refractivity contribution in [2.24, 2.45) is 0 Å². The van der Waals surface area contributed by atoms with Crippen molar-refractivity contribution < 1.29 is 13.2 Å². The molecule has 1 amide bonds. The number of rotatable bonds is 5. The van der Waals surface area contributed by atoms with Gasteiger partial charge in [0.05, 0.1) is 5.69 Å². The second-order valence-electron chi connectivity index (χ2n) is 7.67. The first-order valence-corrected chi connectivity index (χ1v) is 12.1. The minimum atomic E-state index is -4.07. The molecule has 164 valence electrons. The van der Waals surface area contributed by atoms with Crippen LogP contribution in [0.5, 0.6) is 0 Å². The molecule has 0 radical (unpaired) electrons. The Morgan fingerprint density at radius 1 is 0.844 bits per heavy atom. The fraction of sp³-hybridized carbons (Fsp3) is 0.192. The van der Waals surface area contributed by atoms with Crippen molar-refractivity contribution in [3.05, 3.63) is 100.0 Å². The lowest BCUT2D eigenvalue weighted by Crippen LogP contribution is -2.37. The number of amides is 1. The summed E-state index contributed by atoms with van der Waals surface area (Å²) in [5.41, 5.74) is 5.00. The molecule has 0 bridgehead atoms. The summed E-state index contributed by atoms with van der Waals surface area (Å²) in [7, 11) is -2.58. The number of anilines is 2. The van der Waals surface area contributed by atoms with E-state index in [0.717, 1.165) is 24.0 Å². The van der Waals surface area contributed by atoms with Gasteiger partial charge in [-0.2, -0.15) is 0 Å². The van der Waals surface area contributed by atoms with Crippen LogP contribution >= 0.6 is 0 Å². The van der Waals surface area contributed by atoms with Gasteiger partial charge in [0.1, 0.15) is 0 Å². The summed E-state index contributed by atoms with van der Waals surface area (Å²) in [6, 6.07) is 22.3. The summed E-state index contributed by atoms with van der Waals surface area (Å²) in [6.07, 6.45) is 1.45. The standard InChI is InChI=1S/C26H26N2O3S/c1-4-18-14-11-15-19(5-2)24(18)27-26(29)25-23(20-12-7-6-8-13-20)21-16-9-10-17-22(21)28(3)32(25,30)31/h6-17H,4-5H2,1-3H3,(H,27,29). The van der Waals surface area contributed by atoms with Crippen molar-refractivity contribution >= 4 is 32.9 Å². The van der Waals surface area contributed by atoms with E-state index < -0.39 is 15.9 Å². The van der Waals surface area contributed by atoms with Gasteiger partial charge >= 0.3 is 0 Å². The molecule has 5 nitrogen and oxygen atoms in total. The third kappa shape index (κ3) is 3.60. The number of nitrogens with zero attached hydrogens (tertiary/aromatic N) is 1. The highest BCUT2D eigenvalue weighted by Gasteiger charge is 2.39. The highest BCUT2D eigenvalue weighted by Crippen LogP contribution is 2.42. The first-order chi connectivity index (χ1) is 15.4. The normalized spacial score (nSPS) is 14.8. The molecular formula is C26H26N2O3S. The molecule has 0 aromatic heterocycles. The molecule has 3 aromatic carbocycles. The van der Waals surface area contributed by atoms with E-state index in [1.165, 1.54) is 11.4 Å². The number of carbonyl (C=O) groups is 1. The van der Waals surface area contributed by atoms with Crippen LogP contribution in [0, 0.1) is 0 Å². The van der Waals surface area contributed by atoms with Gasteiger partial charge in [-0.3, -0.25) is 9.10 Å². The highest BCUT2D eigenvalue weighted by molar-refractivity contribution is 7.97. The number of hydrogen-bond acceptors (Lipinski definition) is 3. The molecule has 0 atom stereocenters. The molecular weight excluding hydrogens is 420 g/mol. The molecule has 1 N–H and O–H groups in total. The molecule has 32 heavy (non-hydrogen) atoms. The van der Waals surface area contributed by atoms with E-state index in [4.69, 9.17) is 0 Å². The number of hydrogen-bond donors (Lipinski definition) is 1. The van der Waals surface area contributed by atoms with Gasteiger partial charge in [-0.15, -0.1) is 0 Å². The monoisotopic (exact) mass is 446 g/mol. The number of carbonyl (C=O) groups excluding carboxylic acids is 1. The van der Waals surface area contributed by atoms with Gasteiger partial charge in [0.15, 0.2) is 4.91 Å². The molecule has 1 aliphatic heterocycles. The second-order valence-corrected chi connectivity index (χ2v) is 9.58. The van der Waals surface area contributed by atoms with E-state index >= 15 is 0 Å². The fourth-order valence-electron chi connectivity index (χ4n) is 4.17. The van der Waals surface area contributed by atoms with E-state index in [1.807, 2.05) is 74.5 Å². The Morgan fingerprint density at radius 2 is 1.44 bits per heavy atom. The molecule has 0 spiro atoms. The number of aryl methyl sites for hydroxylation is 2. The summed E-state index contributed by atoms with van der Waals surface area (Å²) in [6.45, 7) is 4.03. The van der Waals surface area contributed by atoms with E-state index in [2.05, 4.69) is 5.32 Å². The Kier molecular flexibility index (Phi) is 5.89. The Bertz CT molecular complexity index is 1290. The van der Waals surface area contributed by atoms with Gasteiger partial charge in [-0.25, -0.2) is 8.42 Å². The minimum absolute atomic E-state index is 0.238. The predicted octanol–water partition coefficient (Wildman–Crippen LogP) is 4.99. The average Bonchev–Trinajstić information content (AvgIpc) is 2.81. The molecule has 0 aliphatic carbocycles. The van der Waals surface area contributed by atoms with Crippen LogP contribution in [0.1, 0.15) is 36.1 Å². The molecule has 1 aliphatic rings. The fourth-order valence-corrected chi connectivity index (χ4v) is 5.64. The van der Waals surface area contributed by atoms with Crippen LogP contribution in [0.15, 0.2) is 77.7 Å². The van der Waals surface area contributed by atoms with E-state index in [0.29, 0.717) is 28.1 Å².